The molecule has 0 fully saturated rings. The van der Waals surface area contributed by atoms with E-state index in [0.29, 0.717) is 0 Å². The van der Waals surface area contributed by atoms with Gasteiger partial charge in [0, 0.05) is 11.3 Å². The average molecular weight is 224 g/mol. The van der Waals surface area contributed by atoms with Crippen molar-refractivity contribution in [3.05, 3.63) is 29.8 Å². The molecule has 0 bridgehead atoms. The molecule has 0 spiro atoms. The normalized spacial score (nSPS) is 9.93. The Morgan fingerprint density at radius 2 is 1.87 bits per heavy atom. The molecule has 0 saturated carbocycles. The largest absolute Gasteiger partial charge is 0.481 e. The average Bonchev–Trinajstić information content (AvgIpc) is 2.17. The molecule has 0 aliphatic carbocycles. The molecule has 1 rings (SSSR count). The Kier molecular flexibility index (Phi) is 4.37. The third kappa shape index (κ3) is 4.16. The Labute approximate surface area is 92.5 Å². The minimum Gasteiger partial charge on any atom is -0.481 e. The summed E-state index contributed by atoms with van der Waals surface area (Å²) in [6.45, 7) is 0. The molecule has 15 heavy (non-hydrogen) atoms. The Hall–Kier alpha value is -1.29. The SMILES string of the molecule is CSc1ccc(CC(=O)CC(=O)O)cc1. The molecule has 0 saturated heterocycles. The molecule has 0 atom stereocenters. The molecule has 3 nitrogen and oxygen atoms in total. The van der Waals surface area contributed by atoms with Crippen molar-refractivity contribution in [2.45, 2.75) is 17.7 Å². The minimum atomic E-state index is -1.07. The first-order chi connectivity index (χ1) is 7.11. The highest BCUT2D eigenvalue weighted by atomic mass is 32.2. The van der Waals surface area contributed by atoms with E-state index in [1.54, 1.807) is 11.8 Å². The standard InChI is InChI=1S/C11H12O3S/c1-15-10-4-2-8(3-5-10)6-9(12)7-11(13)14/h2-5H,6-7H2,1H3,(H,13,14). The Balaban J connectivity index is 2.57. The molecule has 4 heteroatoms. The van der Waals surface area contributed by atoms with Crippen molar-refractivity contribution < 1.29 is 14.7 Å². The number of hydrogen-bond donors (Lipinski definition) is 1. The second-order valence-electron chi connectivity index (χ2n) is 3.13. The summed E-state index contributed by atoms with van der Waals surface area (Å²) in [5, 5.41) is 8.42. The topological polar surface area (TPSA) is 54.4 Å². The number of carbonyl (C=O) groups excluding carboxylic acids is 1. The molecule has 0 aliphatic rings. The van der Waals surface area contributed by atoms with Crippen molar-refractivity contribution in [2.24, 2.45) is 0 Å². The number of benzene rings is 1. The van der Waals surface area contributed by atoms with E-state index in [1.807, 2.05) is 30.5 Å². The van der Waals surface area contributed by atoms with Crippen molar-refractivity contribution in [1.29, 1.82) is 0 Å². The smallest absolute Gasteiger partial charge is 0.310 e. The summed E-state index contributed by atoms with van der Waals surface area (Å²) >= 11 is 1.63. The molecule has 0 amide bonds. The maximum atomic E-state index is 11.2. The van der Waals surface area contributed by atoms with Gasteiger partial charge in [-0.15, -0.1) is 11.8 Å². The van der Waals surface area contributed by atoms with Crippen LogP contribution in [0.25, 0.3) is 0 Å². The van der Waals surface area contributed by atoms with E-state index in [2.05, 4.69) is 0 Å². The van der Waals surface area contributed by atoms with Gasteiger partial charge < -0.3 is 5.11 Å². The monoisotopic (exact) mass is 224 g/mol. The number of carbonyl (C=O) groups is 2. The number of hydrogen-bond acceptors (Lipinski definition) is 3. The molecular formula is C11H12O3S. The number of carboxylic acids is 1. The first-order valence-electron chi connectivity index (χ1n) is 4.48. The first-order valence-corrected chi connectivity index (χ1v) is 5.70. The summed E-state index contributed by atoms with van der Waals surface area (Å²) in [5.74, 6) is -1.33. The van der Waals surface area contributed by atoms with E-state index in [-0.39, 0.29) is 12.2 Å². The maximum absolute atomic E-state index is 11.2. The van der Waals surface area contributed by atoms with Gasteiger partial charge in [0.25, 0.3) is 0 Å². The predicted molar refractivity (Wildman–Crippen MR) is 59.2 cm³/mol. The van der Waals surface area contributed by atoms with Gasteiger partial charge in [-0.3, -0.25) is 9.59 Å². The summed E-state index contributed by atoms with van der Waals surface area (Å²) in [7, 11) is 0. The third-order valence-corrected chi connectivity index (χ3v) is 2.65. The van der Waals surface area contributed by atoms with Crippen LogP contribution in [0.5, 0.6) is 0 Å². The van der Waals surface area contributed by atoms with Crippen molar-refractivity contribution in [2.75, 3.05) is 6.26 Å². The van der Waals surface area contributed by atoms with Gasteiger partial charge in [-0.1, -0.05) is 12.1 Å². The summed E-state index contributed by atoms with van der Waals surface area (Å²) in [4.78, 5) is 22.6. The molecule has 0 radical (unpaired) electrons. The fourth-order valence-electron chi connectivity index (χ4n) is 1.20. The van der Waals surface area contributed by atoms with E-state index in [1.165, 1.54) is 0 Å². The summed E-state index contributed by atoms with van der Waals surface area (Å²) in [6, 6.07) is 7.55. The highest BCUT2D eigenvalue weighted by Crippen LogP contribution is 2.15. The molecule has 0 unspecified atom stereocenters. The van der Waals surface area contributed by atoms with Gasteiger partial charge in [0.1, 0.15) is 12.2 Å². The predicted octanol–water partition coefficient (Wildman–Crippen LogP) is 1.99. The van der Waals surface area contributed by atoms with Gasteiger partial charge in [0.2, 0.25) is 0 Å². The quantitative estimate of drug-likeness (QED) is 0.614. The molecule has 1 aromatic carbocycles. The number of carboxylic acid groups (broad SMARTS) is 1. The van der Waals surface area contributed by atoms with Crippen LogP contribution in [-0.4, -0.2) is 23.1 Å². The Morgan fingerprint density at radius 3 is 2.33 bits per heavy atom. The van der Waals surface area contributed by atoms with Crippen LogP contribution in [-0.2, 0) is 16.0 Å². The number of rotatable bonds is 5. The van der Waals surface area contributed by atoms with Gasteiger partial charge in [0.05, 0.1) is 0 Å². The van der Waals surface area contributed by atoms with Gasteiger partial charge in [-0.05, 0) is 24.0 Å². The van der Waals surface area contributed by atoms with Crippen LogP contribution in [0.4, 0.5) is 0 Å². The third-order valence-electron chi connectivity index (χ3n) is 1.91. The van der Waals surface area contributed by atoms with Crippen molar-refractivity contribution in [1.82, 2.24) is 0 Å². The van der Waals surface area contributed by atoms with Crippen LogP contribution >= 0.6 is 11.8 Å². The lowest BCUT2D eigenvalue weighted by molar-refractivity contribution is -0.140. The molecule has 80 valence electrons. The number of aliphatic carboxylic acids is 1. The van der Waals surface area contributed by atoms with E-state index >= 15 is 0 Å². The number of thioether (sulfide) groups is 1. The second-order valence-corrected chi connectivity index (χ2v) is 4.01. The molecule has 1 aromatic rings. The molecule has 0 aliphatic heterocycles. The van der Waals surface area contributed by atoms with Gasteiger partial charge >= 0.3 is 5.97 Å². The summed E-state index contributed by atoms with van der Waals surface area (Å²) < 4.78 is 0. The highest BCUT2D eigenvalue weighted by Gasteiger charge is 2.08. The van der Waals surface area contributed by atoms with E-state index in [0.717, 1.165) is 10.5 Å². The molecule has 0 aromatic heterocycles. The molecule has 1 N–H and O–H groups in total. The van der Waals surface area contributed by atoms with E-state index < -0.39 is 12.4 Å². The lowest BCUT2D eigenvalue weighted by atomic mass is 10.1. The number of Topliss-reactive ketones (excluding diaryl/α,β-unsaturated/α-hetero) is 1. The molecule has 0 heterocycles. The van der Waals surface area contributed by atoms with Crippen LogP contribution in [0.2, 0.25) is 0 Å². The van der Waals surface area contributed by atoms with Crippen LogP contribution in [0.3, 0.4) is 0 Å². The van der Waals surface area contributed by atoms with Crippen molar-refractivity contribution >= 4 is 23.5 Å². The second kappa shape index (κ2) is 5.56. The van der Waals surface area contributed by atoms with Crippen LogP contribution < -0.4 is 0 Å². The lowest BCUT2D eigenvalue weighted by Gasteiger charge is -2.00. The fourth-order valence-corrected chi connectivity index (χ4v) is 1.61. The van der Waals surface area contributed by atoms with Crippen molar-refractivity contribution in [3.63, 3.8) is 0 Å². The Morgan fingerprint density at radius 1 is 1.27 bits per heavy atom. The van der Waals surface area contributed by atoms with Crippen LogP contribution in [0, 0.1) is 0 Å². The van der Waals surface area contributed by atoms with E-state index in [9.17, 15) is 9.59 Å². The highest BCUT2D eigenvalue weighted by molar-refractivity contribution is 7.98. The van der Waals surface area contributed by atoms with Crippen molar-refractivity contribution in [3.8, 4) is 0 Å². The lowest BCUT2D eigenvalue weighted by Crippen LogP contribution is -2.09. The zero-order valence-corrected chi connectivity index (χ0v) is 9.21. The zero-order chi connectivity index (χ0) is 11.3. The number of ketones is 1. The van der Waals surface area contributed by atoms with Gasteiger partial charge in [-0.25, -0.2) is 0 Å². The maximum Gasteiger partial charge on any atom is 0.310 e. The van der Waals surface area contributed by atoms with Crippen LogP contribution in [0.1, 0.15) is 12.0 Å². The zero-order valence-electron chi connectivity index (χ0n) is 8.40. The first kappa shape index (κ1) is 11.8. The Bertz CT molecular complexity index is 357. The van der Waals surface area contributed by atoms with Crippen LogP contribution in [0.15, 0.2) is 29.2 Å². The van der Waals surface area contributed by atoms with Gasteiger partial charge in [0.15, 0.2) is 0 Å². The fraction of sp³-hybridized carbons (Fsp3) is 0.273. The molecular weight excluding hydrogens is 212 g/mol. The minimum absolute atomic E-state index is 0.195. The summed E-state index contributed by atoms with van der Waals surface area (Å²) in [6.07, 6.45) is 1.77. The van der Waals surface area contributed by atoms with Gasteiger partial charge in [-0.2, -0.15) is 0 Å². The van der Waals surface area contributed by atoms with E-state index in [4.69, 9.17) is 5.11 Å². The summed E-state index contributed by atoms with van der Waals surface area (Å²) in [5.41, 5.74) is 0.860.